The number of hydrogen-bond donors (Lipinski definition) is 1. The van der Waals surface area contributed by atoms with Crippen LogP contribution in [0.3, 0.4) is 0 Å². The van der Waals surface area contributed by atoms with Gasteiger partial charge < -0.3 is 5.73 Å². The number of halogens is 3. The van der Waals surface area contributed by atoms with Crippen LogP contribution in [0.25, 0.3) is 0 Å². The lowest BCUT2D eigenvalue weighted by Crippen LogP contribution is -2.13. The maximum absolute atomic E-state index is 12.9. The highest BCUT2D eigenvalue weighted by atomic mass is 79.9. The van der Waals surface area contributed by atoms with Crippen LogP contribution in [0.5, 0.6) is 0 Å². The Labute approximate surface area is 117 Å². The fourth-order valence-corrected chi connectivity index (χ4v) is 3.44. The van der Waals surface area contributed by atoms with E-state index in [0.717, 1.165) is 9.35 Å². The Kier molecular flexibility index (Phi) is 4.20. The lowest BCUT2D eigenvalue weighted by Gasteiger charge is -2.12. The molecule has 0 saturated heterocycles. The van der Waals surface area contributed by atoms with Crippen LogP contribution < -0.4 is 5.73 Å². The second-order valence-corrected chi connectivity index (χ2v) is 6.64. The van der Waals surface area contributed by atoms with Crippen LogP contribution in [-0.4, -0.2) is 0 Å². The quantitative estimate of drug-likeness (QED) is 0.876. The third-order valence-corrected chi connectivity index (χ3v) is 4.39. The van der Waals surface area contributed by atoms with Crippen molar-refractivity contribution in [2.45, 2.75) is 12.5 Å². The number of hydrogen-bond acceptors (Lipinski definition) is 2. The summed E-state index contributed by atoms with van der Waals surface area (Å²) in [6.07, 6.45) is 0.696. The fourth-order valence-electron chi connectivity index (χ4n) is 1.59. The van der Waals surface area contributed by atoms with Gasteiger partial charge in [-0.25, -0.2) is 4.39 Å². The normalized spacial score (nSPS) is 12.7. The Hall–Kier alpha value is -0.420. The molecule has 2 aromatic rings. The Morgan fingerprint density at radius 3 is 2.71 bits per heavy atom. The highest BCUT2D eigenvalue weighted by Crippen LogP contribution is 2.29. The second-order valence-electron chi connectivity index (χ2n) is 3.68. The van der Waals surface area contributed by atoms with Crippen molar-refractivity contribution in [2.24, 2.45) is 5.73 Å². The molecule has 90 valence electrons. The molecule has 1 aromatic heterocycles. The van der Waals surface area contributed by atoms with Crippen molar-refractivity contribution in [1.29, 1.82) is 0 Å². The molecule has 0 radical (unpaired) electrons. The molecule has 5 heteroatoms. The minimum absolute atomic E-state index is 0.214. The molecule has 0 aliphatic rings. The molecule has 1 aromatic carbocycles. The van der Waals surface area contributed by atoms with Gasteiger partial charge in [0.15, 0.2) is 0 Å². The summed E-state index contributed by atoms with van der Waals surface area (Å²) < 4.78 is 14.0. The zero-order chi connectivity index (χ0) is 12.4. The molecule has 1 unspecified atom stereocenters. The lowest BCUT2D eigenvalue weighted by atomic mass is 10.0. The first-order valence-electron chi connectivity index (χ1n) is 5.01. The molecule has 1 heterocycles. The van der Waals surface area contributed by atoms with Crippen LogP contribution in [0.1, 0.15) is 16.5 Å². The summed E-state index contributed by atoms with van der Waals surface area (Å²) in [4.78, 5) is 1.17. The summed E-state index contributed by atoms with van der Waals surface area (Å²) in [6.45, 7) is 0. The SMILES string of the molecule is NC(Cc1ccc(Br)s1)c1ccc(F)cc1Cl. The predicted octanol–water partition coefficient (Wildman–Crippen LogP) is 4.55. The average molecular weight is 335 g/mol. The minimum Gasteiger partial charge on any atom is -0.324 e. The van der Waals surface area contributed by atoms with Crippen molar-refractivity contribution in [3.63, 3.8) is 0 Å². The van der Waals surface area contributed by atoms with E-state index in [1.807, 2.05) is 12.1 Å². The first-order valence-corrected chi connectivity index (χ1v) is 7.00. The highest BCUT2D eigenvalue weighted by molar-refractivity contribution is 9.11. The summed E-state index contributed by atoms with van der Waals surface area (Å²) in [5.74, 6) is -0.343. The highest BCUT2D eigenvalue weighted by Gasteiger charge is 2.12. The molecule has 1 nitrogen and oxygen atoms in total. The second kappa shape index (κ2) is 5.48. The maximum atomic E-state index is 12.9. The van der Waals surface area contributed by atoms with Crippen LogP contribution in [0, 0.1) is 5.82 Å². The van der Waals surface area contributed by atoms with Crippen LogP contribution in [0.2, 0.25) is 5.02 Å². The third kappa shape index (κ3) is 3.28. The van der Waals surface area contributed by atoms with Gasteiger partial charge in [-0.2, -0.15) is 0 Å². The Morgan fingerprint density at radius 2 is 2.12 bits per heavy atom. The Balaban J connectivity index is 2.17. The molecule has 2 rings (SSSR count). The smallest absolute Gasteiger partial charge is 0.124 e. The van der Waals surface area contributed by atoms with Crippen molar-refractivity contribution >= 4 is 38.9 Å². The van der Waals surface area contributed by atoms with Gasteiger partial charge in [0.25, 0.3) is 0 Å². The van der Waals surface area contributed by atoms with Crippen LogP contribution >= 0.6 is 38.9 Å². The Bertz CT molecular complexity index is 529. The van der Waals surface area contributed by atoms with Crippen molar-refractivity contribution in [3.8, 4) is 0 Å². The first kappa shape index (κ1) is 13.0. The lowest BCUT2D eigenvalue weighted by molar-refractivity contribution is 0.624. The van der Waals surface area contributed by atoms with E-state index in [0.29, 0.717) is 11.4 Å². The molecule has 0 amide bonds. The molecule has 0 bridgehead atoms. The van der Waals surface area contributed by atoms with E-state index < -0.39 is 0 Å². The molecular formula is C12H10BrClFNS. The van der Waals surface area contributed by atoms with Gasteiger partial charge in [0.1, 0.15) is 5.82 Å². The maximum Gasteiger partial charge on any atom is 0.124 e. The number of thiophene rings is 1. The minimum atomic E-state index is -0.343. The molecule has 0 aliphatic heterocycles. The predicted molar refractivity (Wildman–Crippen MR) is 74.1 cm³/mol. The van der Waals surface area contributed by atoms with Crippen molar-refractivity contribution < 1.29 is 4.39 Å². The van der Waals surface area contributed by atoms with Gasteiger partial charge in [0.05, 0.1) is 3.79 Å². The largest absolute Gasteiger partial charge is 0.324 e. The van der Waals surface area contributed by atoms with Crippen molar-refractivity contribution in [2.75, 3.05) is 0 Å². The summed E-state index contributed by atoms with van der Waals surface area (Å²) in [5.41, 5.74) is 6.85. The van der Waals surface area contributed by atoms with Crippen LogP contribution in [0.4, 0.5) is 4.39 Å². The zero-order valence-corrected chi connectivity index (χ0v) is 11.9. The van der Waals surface area contributed by atoms with E-state index in [2.05, 4.69) is 15.9 Å². The third-order valence-electron chi connectivity index (χ3n) is 2.41. The van der Waals surface area contributed by atoms with E-state index in [1.54, 1.807) is 17.4 Å². The first-order chi connectivity index (χ1) is 8.06. The van der Waals surface area contributed by atoms with Crippen LogP contribution in [0.15, 0.2) is 34.1 Å². The van der Waals surface area contributed by atoms with Gasteiger partial charge in [-0.3, -0.25) is 0 Å². The molecule has 0 fully saturated rings. The summed E-state index contributed by atoms with van der Waals surface area (Å²) >= 11 is 11.0. The van der Waals surface area contributed by atoms with Crippen molar-refractivity contribution in [1.82, 2.24) is 0 Å². The van der Waals surface area contributed by atoms with Gasteiger partial charge in [-0.1, -0.05) is 17.7 Å². The summed E-state index contributed by atoms with van der Waals surface area (Å²) in [7, 11) is 0. The van der Waals surface area contributed by atoms with Gasteiger partial charge in [0, 0.05) is 22.4 Å². The molecule has 1 atom stereocenters. The number of rotatable bonds is 3. The van der Waals surface area contributed by atoms with Gasteiger partial charge in [-0.05, 0) is 45.8 Å². The topological polar surface area (TPSA) is 26.0 Å². The van der Waals surface area contributed by atoms with Crippen molar-refractivity contribution in [3.05, 3.63) is 55.4 Å². The average Bonchev–Trinajstić information content (AvgIpc) is 2.63. The van der Waals surface area contributed by atoms with E-state index in [-0.39, 0.29) is 11.9 Å². The van der Waals surface area contributed by atoms with E-state index >= 15 is 0 Å². The standard InChI is InChI=1S/C12H10BrClFNS/c13-12-4-2-8(17-12)6-11(16)9-3-1-7(15)5-10(9)14/h1-5,11H,6,16H2. The number of benzene rings is 1. The Morgan fingerprint density at radius 1 is 1.35 bits per heavy atom. The molecule has 0 spiro atoms. The van der Waals surface area contributed by atoms with E-state index in [9.17, 15) is 4.39 Å². The van der Waals surface area contributed by atoms with E-state index in [1.165, 1.54) is 17.0 Å². The fraction of sp³-hybridized carbons (Fsp3) is 0.167. The molecular weight excluding hydrogens is 325 g/mol. The number of nitrogens with two attached hydrogens (primary N) is 1. The van der Waals surface area contributed by atoms with Gasteiger partial charge in [0.2, 0.25) is 0 Å². The van der Waals surface area contributed by atoms with Gasteiger partial charge >= 0.3 is 0 Å². The summed E-state index contributed by atoms with van der Waals surface area (Å²) in [6, 6.07) is 8.11. The molecule has 17 heavy (non-hydrogen) atoms. The molecule has 0 saturated carbocycles. The molecule has 0 aliphatic carbocycles. The molecule has 2 N–H and O–H groups in total. The van der Waals surface area contributed by atoms with E-state index in [4.69, 9.17) is 17.3 Å². The van der Waals surface area contributed by atoms with Gasteiger partial charge in [-0.15, -0.1) is 11.3 Å². The monoisotopic (exact) mass is 333 g/mol. The zero-order valence-electron chi connectivity index (χ0n) is 8.79. The summed E-state index contributed by atoms with van der Waals surface area (Å²) in [5, 5.41) is 0.383. The van der Waals surface area contributed by atoms with Crippen LogP contribution in [-0.2, 0) is 6.42 Å².